The number of anilines is 1. The predicted octanol–water partition coefficient (Wildman–Crippen LogP) is 1.93. The van der Waals surface area contributed by atoms with E-state index in [9.17, 15) is 0 Å². The van der Waals surface area contributed by atoms with E-state index in [0.717, 1.165) is 6.54 Å². The maximum atomic E-state index is 8.95. The topological polar surface area (TPSA) is 39.1 Å². The van der Waals surface area contributed by atoms with Gasteiger partial charge in [-0.1, -0.05) is 18.2 Å². The third-order valence-electron chi connectivity index (χ3n) is 2.75. The molecule has 0 spiro atoms. The molecular formula is C13H19N3. The van der Waals surface area contributed by atoms with Crippen molar-refractivity contribution >= 4 is 5.69 Å². The molecule has 16 heavy (non-hydrogen) atoms. The van der Waals surface area contributed by atoms with Crippen molar-refractivity contribution in [2.45, 2.75) is 19.9 Å². The monoisotopic (exact) mass is 217 g/mol. The smallest absolute Gasteiger partial charge is 0.113 e. The molecule has 0 radical (unpaired) electrons. The maximum absolute atomic E-state index is 8.95. The largest absolute Gasteiger partial charge is 0.369 e. The molecule has 0 saturated heterocycles. The summed E-state index contributed by atoms with van der Waals surface area (Å²) in [4.78, 5) is 2.22. The van der Waals surface area contributed by atoms with Gasteiger partial charge in [0.15, 0.2) is 0 Å². The Morgan fingerprint density at radius 3 is 2.62 bits per heavy atom. The van der Waals surface area contributed by atoms with Crippen molar-refractivity contribution in [3.05, 3.63) is 29.8 Å². The van der Waals surface area contributed by atoms with Gasteiger partial charge in [0.05, 0.1) is 6.07 Å². The third-order valence-corrected chi connectivity index (χ3v) is 2.75. The highest BCUT2D eigenvalue weighted by atomic mass is 15.1. The molecule has 1 N–H and O–H groups in total. The number of hydrogen-bond acceptors (Lipinski definition) is 3. The van der Waals surface area contributed by atoms with E-state index in [2.05, 4.69) is 42.3 Å². The average Bonchev–Trinajstić information content (AvgIpc) is 2.32. The van der Waals surface area contributed by atoms with E-state index < -0.39 is 0 Å². The molecule has 0 saturated carbocycles. The van der Waals surface area contributed by atoms with E-state index >= 15 is 0 Å². The van der Waals surface area contributed by atoms with Crippen molar-refractivity contribution in [2.75, 3.05) is 25.0 Å². The van der Waals surface area contributed by atoms with Crippen LogP contribution in [-0.2, 0) is 0 Å². The number of nitrogens with zero attached hydrogens (tertiary/aromatic N) is 2. The molecule has 1 atom stereocenters. The first kappa shape index (κ1) is 12.5. The zero-order chi connectivity index (χ0) is 12.0. The molecule has 1 aromatic carbocycles. The van der Waals surface area contributed by atoms with Gasteiger partial charge in [0.2, 0.25) is 0 Å². The Balaban J connectivity index is 2.83. The molecule has 3 heteroatoms. The summed E-state index contributed by atoms with van der Waals surface area (Å²) in [5.41, 5.74) is 2.46. The Kier molecular flexibility index (Phi) is 4.81. The number of nitrogens with one attached hydrogen (secondary N) is 1. The van der Waals surface area contributed by atoms with Gasteiger partial charge in [-0.3, -0.25) is 0 Å². The molecule has 0 fully saturated rings. The number of likely N-dealkylation sites (N-methyl/N-ethyl adjacent to an activating group) is 2. The lowest BCUT2D eigenvalue weighted by molar-refractivity contribution is 0.647. The van der Waals surface area contributed by atoms with Crippen molar-refractivity contribution < 1.29 is 0 Å². The highest BCUT2D eigenvalue weighted by Crippen LogP contribution is 2.19. The second kappa shape index (κ2) is 6.14. The van der Waals surface area contributed by atoms with Crippen LogP contribution in [0.5, 0.6) is 0 Å². The summed E-state index contributed by atoms with van der Waals surface area (Å²) in [7, 11) is 1.82. The lowest BCUT2D eigenvalue weighted by Gasteiger charge is -2.26. The Bertz CT molecular complexity index is 368. The van der Waals surface area contributed by atoms with E-state index in [0.29, 0.717) is 6.54 Å². The molecule has 0 aromatic heterocycles. The fraction of sp³-hybridized carbons (Fsp3) is 0.462. The second-order valence-corrected chi connectivity index (χ2v) is 3.80. The number of benzene rings is 1. The number of nitriles is 1. The molecule has 1 rings (SSSR count). The molecule has 3 nitrogen and oxygen atoms in total. The van der Waals surface area contributed by atoms with Crippen LogP contribution < -0.4 is 10.2 Å². The molecule has 1 unspecified atom stereocenters. The summed E-state index contributed by atoms with van der Waals surface area (Å²) >= 11 is 0. The van der Waals surface area contributed by atoms with Gasteiger partial charge in [0.25, 0.3) is 0 Å². The van der Waals surface area contributed by atoms with Crippen molar-refractivity contribution in [3.63, 3.8) is 0 Å². The summed E-state index contributed by atoms with van der Waals surface area (Å²) in [5.74, 6) is 0. The molecule has 0 aliphatic carbocycles. The SMILES string of the molecule is CCN(CC(C#N)NC)c1ccccc1C. The summed E-state index contributed by atoms with van der Waals surface area (Å²) in [6.45, 7) is 5.83. The van der Waals surface area contributed by atoms with Crippen LogP contribution in [0.2, 0.25) is 0 Å². The van der Waals surface area contributed by atoms with Crippen LogP contribution >= 0.6 is 0 Å². The van der Waals surface area contributed by atoms with E-state index in [1.807, 2.05) is 19.2 Å². The molecule has 0 aliphatic rings. The van der Waals surface area contributed by atoms with Gasteiger partial charge < -0.3 is 10.2 Å². The fourth-order valence-corrected chi connectivity index (χ4v) is 1.73. The van der Waals surface area contributed by atoms with E-state index in [1.165, 1.54) is 11.3 Å². The highest BCUT2D eigenvalue weighted by molar-refractivity contribution is 5.53. The van der Waals surface area contributed by atoms with Gasteiger partial charge in [0, 0.05) is 18.8 Å². The van der Waals surface area contributed by atoms with Crippen LogP contribution in [0.4, 0.5) is 5.69 Å². The summed E-state index contributed by atoms with van der Waals surface area (Å²) in [6.07, 6.45) is 0. The van der Waals surface area contributed by atoms with Crippen molar-refractivity contribution in [1.29, 1.82) is 5.26 Å². The standard InChI is InChI=1S/C13H19N3/c1-4-16(10-12(9-14)15-3)13-8-6-5-7-11(13)2/h5-8,12,15H,4,10H2,1-3H3. The number of para-hydroxylation sites is 1. The predicted molar refractivity (Wildman–Crippen MR) is 67.5 cm³/mol. The number of rotatable bonds is 5. The van der Waals surface area contributed by atoms with E-state index in [4.69, 9.17) is 5.26 Å². The average molecular weight is 217 g/mol. The fourth-order valence-electron chi connectivity index (χ4n) is 1.73. The first-order valence-electron chi connectivity index (χ1n) is 5.60. The lowest BCUT2D eigenvalue weighted by Crippen LogP contribution is -2.38. The van der Waals surface area contributed by atoms with Crippen molar-refractivity contribution in [3.8, 4) is 6.07 Å². The Labute approximate surface area is 97.7 Å². The zero-order valence-electron chi connectivity index (χ0n) is 10.2. The number of hydrogen-bond donors (Lipinski definition) is 1. The van der Waals surface area contributed by atoms with E-state index in [-0.39, 0.29) is 6.04 Å². The van der Waals surface area contributed by atoms with Crippen molar-refractivity contribution in [2.24, 2.45) is 0 Å². The molecule has 0 amide bonds. The first-order chi connectivity index (χ1) is 7.72. The molecule has 1 aromatic rings. The minimum absolute atomic E-state index is 0.125. The molecule has 86 valence electrons. The minimum atomic E-state index is -0.125. The van der Waals surface area contributed by atoms with Gasteiger partial charge in [-0.05, 0) is 32.5 Å². The minimum Gasteiger partial charge on any atom is -0.369 e. The van der Waals surface area contributed by atoms with Gasteiger partial charge >= 0.3 is 0 Å². The van der Waals surface area contributed by atoms with Crippen LogP contribution in [0.15, 0.2) is 24.3 Å². The zero-order valence-corrected chi connectivity index (χ0v) is 10.2. The van der Waals surface area contributed by atoms with Crippen LogP contribution in [0.25, 0.3) is 0 Å². The molecule has 0 aliphatic heterocycles. The Hall–Kier alpha value is -1.53. The normalized spacial score (nSPS) is 11.9. The van der Waals surface area contributed by atoms with Crippen molar-refractivity contribution in [1.82, 2.24) is 5.32 Å². The van der Waals surface area contributed by atoms with E-state index in [1.54, 1.807) is 0 Å². The van der Waals surface area contributed by atoms with Crippen LogP contribution in [0.1, 0.15) is 12.5 Å². The molecule has 0 heterocycles. The number of aryl methyl sites for hydroxylation is 1. The van der Waals surface area contributed by atoms with Crippen LogP contribution in [-0.4, -0.2) is 26.2 Å². The van der Waals surface area contributed by atoms with Gasteiger partial charge in [-0.25, -0.2) is 0 Å². The van der Waals surface area contributed by atoms with Crippen LogP contribution in [0, 0.1) is 18.3 Å². The first-order valence-corrected chi connectivity index (χ1v) is 5.60. The summed E-state index contributed by atoms with van der Waals surface area (Å²) in [5, 5.41) is 12.0. The third kappa shape index (κ3) is 2.98. The second-order valence-electron chi connectivity index (χ2n) is 3.80. The van der Waals surface area contributed by atoms with Gasteiger partial charge in [0.1, 0.15) is 6.04 Å². The molecule has 0 bridgehead atoms. The Morgan fingerprint density at radius 2 is 2.12 bits per heavy atom. The Morgan fingerprint density at radius 1 is 1.44 bits per heavy atom. The maximum Gasteiger partial charge on any atom is 0.113 e. The lowest BCUT2D eigenvalue weighted by atomic mass is 10.1. The quantitative estimate of drug-likeness (QED) is 0.819. The van der Waals surface area contributed by atoms with Crippen LogP contribution in [0.3, 0.4) is 0 Å². The summed E-state index contributed by atoms with van der Waals surface area (Å²) in [6, 6.07) is 10.4. The van der Waals surface area contributed by atoms with Gasteiger partial charge in [-0.15, -0.1) is 0 Å². The molecular weight excluding hydrogens is 198 g/mol. The van der Waals surface area contributed by atoms with Gasteiger partial charge in [-0.2, -0.15) is 5.26 Å². The highest BCUT2D eigenvalue weighted by Gasteiger charge is 2.12. The summed E-state index contributed by atoms with van der Waals surface area (Å²) < 4.78 is 0.